The molecule has 1 aromatic heterocycles. The minimum Gasteiger partial charge on any atom is -0.361 e. The molecular formula is C12H14N2O. The Labute approximate surface area is 88.5 Å². The van der Waals surface area contributed by atoms with Gasteiger partial charge in [-0.2, -0.15) is 0 Å². The van der Waals surface area contributed by atoms with Gasteiger partial charge in [-0.25, -0.2) is 5.90 Å². The van der Waals surface area contributed by atoms with Crippen LogP contribution in [0, 0.1) is 0 Å². The van der Waals surface area contributed by atoms with Gasteiger partial charge in [-0.1, -0.05) is 30.4 Å². The first-order chi connectivity index (χ1) is 7.42. The standard InChI is InChI=1S/C12H14N2O/c13-15-8-4-3-5-10-9-14-12-7-2-1-6-11(10)12/h1-3,5-7,9,14H,4,8,13H2/b5-3+. The van der Waals surface area contributed by atoms with E-state index in [4.69, 9.17) is 5.90 Å². The van der Waals surface area contributed by atoms with E-state index in [9.17, 15) is 0 Å². The van der Waals surface area contributed by atoms with Crippen molar-refractivity contribution in [3.05, 3.63) is 42.1 Å². The summed E-state index contributed by atoms with van der Waals surface area (Å²) in [6.45, 7) is 0.554. The van der Waals surface area contributed by atoms with Crippen LogP contribution in [0.15, 0.2) is 36.5 Å². The van der Waals surface area contributed by atoms with Crippen molar-refractivity contribution in [2.24, 2.45) is 5.90 Å². The Morgan fingerprint density at radius 3 is 3.07 bits per heavy atom. The molecule has 0 radical (unpaired) electrons. The number of hydrogen-bond donors (Lipinski definition) is 2. The van der Waals surface area contributed by atoms with Crippen LogP contribution in [0.3, 0.4) is 0 Å². The molecule has 15 heavy (non-hydrogen) atoms. The van der Waals surface area contributed by atoms with Crippen LogP contribution in [0.2, 0.25) is 0 Å². The molecule has 2 rings (SSSR count). The molecule has 2 aromatic rings. The van der Waals surface area contributed by atoms with Gasteiger partial charge in [0.2, 0.25) is 0 Å². The lowest BCUT2D eigenvalue weighted by molar-refractivity contribution is 0.143. The predicted octanol–water partition coefficient (Wildman–Crippen LogP) is 2.46. The average Bonchev–Trinajstić information content (AvgIpc) is 2.68. The average molecular weight is 202 g/mol. The number of rotatable bonds is 4. The number of benzene rings is 1. The van der Waals surface area contributed by atoms with Crippen LogP contribution in [-0.4, -0.2) is 11.6 Å². The molecule has 0 fully saturated rings. The van der Waals surface area contributed by atoms with Crippen molar-refractivity contribution in [2.45, 2.75) is 6.42 Å². The Kier molecular flexibility index (Phi) is 3.17. The minimum absolute atomic E-state index is 0.554. The van der Waals surface area contributed by atoms with Crippen molar-refractivity contribution in [2.75, 3.05) is 6.61 Å². The van der Waals surface area contributed by atoms with Gasteiger partial charge < -0.3 is 9.82 Å². The van der Waals surface area contributed by atoms with E-state index >= 15 is 0 Å². The summed E-state index contributed by atoms with van der Waals surface area (Å²) in [6, 6.07) is 8.23. The zero-order chi connectivity index (χ0) is 10.5. The molecule has 3 N–H and O–H groups in total. The molecule has 1 aromatic carbocycles. The molecule has 1 heterocycles. The first-order valence-corrected chi connectivity index (χ1v) is 4.96. The molecule has 3 nitrogen and oxygen atoms in total. The number of para-hydroxylation sites is 1. The van der Waals surface area contributed by atoms with Crippen molar-refractivity contribution in [3.63, 3.8) is 0 Å². The summed E-state index contributed by atoms with van der Waals surface area (Å²) in [5.74, 6) is 4.94. The number of nitrogens with two attached hydrogens (primary N) is 1. The van der Waals surface area contributed by atoms with Gasteiger partial charge in [-0.3, -0.25) is 0 Å². The summed E-state index contributed by atoms with van der Waals surface area (Å²) in [4.78, 5) is 7.71. The summed E-state index contributed by atoms with van der Waals surface area (Å²) in [6.07, 6.45) is 6.97. The summed E-state index contributed by atoms with van der Waals surface area (Å²) in [5, 5.41) is 1.24. The molecule has 0 aliphatic heterocycles. The normalized spacial score (nSPS) is 11.5. The minimum atomic E-state index is 0.554. The van der Waals surface area contributed by atoms with Crippen LogP contribution >= 0.6 is 0 Å². The van der Waals surface area contributed by atoms with Crippen molar-refractivity contribution >= 4 is 17.0 Å². The van der Waals surface area contributed by atoms with E-state index in [2.05, 4.69) is 34.1 Å². The van der Waals surface area contributed by atoms with E-state index in [0.29, 0.717) is 6.61 Å². The van der Waals surface area contributed by atoms with E-state index in [1.54, 1.807) is 0 Å². The molecule has 0 bridgehead atoms. The second-order valence-electron chi connectivity index (χ2n) is 3.35. The van der Waals surface area contributed by atoms with Gasteiger partial charge in [-0.15, -0.1) is 0 Å². The van der Waals surface area contributed by atoms with E-state index in [-0.39, 0.29) is 0 Å². The number of aromatic nitrogens is 1. The Balaban J connectivity index is 2.17. The third-order valence-electron chi connectivity index (χ3n) is 2.32. The summed E-state index contributed by atoms with van der Waals surface area (Å²) >= 11 is 0. The third kappa shape index (κ3) is 2.26. The predicted molar refractivity (Wildman–Crippen MR) is 62.1 cm³/mol. The quantitative estimate of drug-likeness (QED) is 0.591. The number of aromatic amines is 1. The Morgan fingerprint density at radius 1 is 1.33 bits per heavy atom. The number of hydrogen-bond acceptors (Lipinski definition) is 2. The Bertz CT molecular complexity index is 459. The first kappa shape index (κ1) is 9.96. The second-order valence-corrected chi connectivity index (χ2v) is 3.35. The van der Waals surface area contributed by atoms with Crippen molar-refractivity contribution < 1.29 is 4.84 Å². The zero-order valence-corrected chi connectivity index (χ0v) is 8.44. The SMILES string of the molecule is NOCC/C=C/c1c[nH]c2ccccc12. The molecule has 0 aliphatic carbocycles. The highest BCUT2D eigenvalue weighted by Crippen LogP contribution is 2.18. The summed E-state index contributed by atoms with van der Waals surface area (Å²) < 4.78 is 0. The van der Waals surface area contributed by atoms with Crippen molar-refractivity contribution in [1.29, 1.82) is 0 Å². The smallest absolute Gasteiger partial charge is 0.0713 e. The maximum absolute atomic E-state index is 4.94. The number of H-pyrrole nitrogens is 1. The van der Waals surface area contributed by atoms with Crippen LogP contribution in [-0.2, 0) is 4.84 Å². The highest BCUT2D eigenvalue weighted by atomic mass is 16.6. The maximum atomic E-state index is 4.94. The van der Waals surface area contributed by atoms with E-state index in [0.717, 1.165) is 11.9 Å². The largest absolute Gasteiger partial charge is 0.361 e. The van der Waals surface area contributed by atoms with E-state index in [1.807, 2.05) is 18.3 Å². The van der Waals surface area contributed by atoms with Crippen molar-refractivity contribution in [3.8, 4) is 0 Å². The van der Waals surface area contributed by atoms with Crippen LogP contribution in [0.4, 0.5) is 0 Å². The molecule has 0 saturated carbocycles. The van der Waals surface area contributed by atoms with Crippen LogP contribution < -0.4 is 5.90 Å². The summed E-state index contributed by atoms with van der Waals surface area (Å²) in [5.41, 5.74) is 2.36. The Hall–Kier alpha value is -1.58. The van der Waals surface area contributed by atoms with E-state index < -0.39 is 0 Å². The zero-order valence-electron chi connectivity index (χ0n) is 8.44. The molecule has 0 spiro atoms. The van der Waals surface area contributed by atoms with Gasteiger partial charge in [0, 0.05) is 17.1 Å². The topological polar surface area (TPSA) is 51.0 Å². The van der Waals surface area contributed by atoms with Crippen LogP contribution in [0.1, 0.15) is 12.0 Å². The highest BCUT2D eigenvalue weighted by molar-refractivity contribution is 5.88. The monoisotopic (exact) mass is 202 g/mol. The van der Waals surface area contributed by atoms with Gasteiger partial charge in [0.1, 0.15) is 0 Å². The fourth-order valence-corrected chi connectivity index (χ4v) is 1.58. The lowest BCUT2D eigenvalue weighted by Gasteiger charge is -1.92. The lowest BCUT2D eigenvalue weighted by Crippen LogP contribution is -1.98. The second kappa shape index (κ2) is 4.77. The van der Waals surface area contributed by atoms with Crippen LogP contribution in [0.25, 0.3) is 17.0 Å². The van der Waals surface area contributed by atoms with E-state index in [1.165, 1.54) is 10.9 Å². The molecule has 0 saturated heterocycles. The molecule has 78 valence electrons. The third-order valence-corrected chi connectivity index (χ3v) is 2.32. The molecule has 0 unspecified atom stereocenters. The van der Waals surface area contributed by atoms with Crippen LogP contribution in [0.5, 0.6) is 0 Å². The van der Waals surface area contributed by atoms with Gasteiger partial charge >= 0.3 is 0 Å². The lowest BCUT2D eigenvalue weighted by atomic mass is 10.1. The van der Waals surface area contributed by atoms with Gasteiger partial charge in [0.25, 0.3) is 0 Å². The molecular weight excluding hydrogens is 188 g/mol. The molecule has 0 aliphatic rings. The number of nitrogens with one attached hydrogen (secondary N) is 1. The first-order valence-electron chi connectivity index (χ1n) is 4.96. The van der Waals surface area contributed by atoms with Gasteiger partial charge in [0.05, 0.1) is 6.61 Å². The number of fused-ring (bicyclic) bond motifs is 1. The molecule has 3 heteroatoms. The van der Waals surface area contributed by atoms with Crippen molar-refractivity contribution in [1.82, 2.24) is 4.98 Å². The van der Waals surface area contributed by atoms with Gasteiger partial charge in [0.15, 0.2) is 0 Å². The maximum Gasteiger partial charge on any atom is 0.0713 e. The Morgan fingerprint density at radius 2 is 2.20 bits per heavy atom. The highest BCUT2D eigenvalue weighted by Gasteiger charge is 1.97. The molecule has 0 atom stereocenters. The fraction of sp³-hybridized carbons (Fsp3) is 0.167. The van der Waals surface area contributed by atoms with Gasteiger partial charge in [-0.05, 0) is 18.1 Å². The molecule has 0 amide bonds. The fourth-order valence-electron chi connectivity index (χ4n) is 1.58. The summed E-state index contributed by atoms with van der Waals surface area (Å²) in [7, 11) is 0.